The summed E-state index contributed by atoms with van der Waals surface area (Å²) in [5.74, 6) is 0.645. The van der Waals surface area contributed by atoms with Crippen molar-refractivity contribution in [2.75, 3.05) is 0 Å². The summed E-state index contributed by atoms with van der Waals surface area (Å²) >= 11 is 2.15. The van der Waals surface area contributed by atoms with Crippen LogP contribution in [0.5, 0.6) is 0 Å². The molecule has 1 heterocycles. The van der Waals surface area contributed by atoms with Crippen molar-refractivity contribution >= 4 is 22.5 Å². The summed E-state index contributed by atoms with van der Waals surface area (Å²) in [6, 6.07) is 11.4. The maximum atomic E-state index is 2.44. The van der Waals surface area contributed by atoms with Gasteiger partial charge in [0, 0.05) is 4.75 Å². The fraction of sp³-hybridized carbons (Fsp3) is 0.412. The average Bonchev–Trinajstić information content (AvgIpc) is 2.93. The van der Waals surface area contributed by atoms with Gasteiger partial charge < -0.3 is 0 Å². The quantitative estimate of drug-likeness (QED) is 0.597. The molecule has 0 amide bonds. The Balaban J connectivity index is 2.22. The van der Waals surface area contributed by atoms with Crippen LogP contribution in [0, 0.1) is 6.92 Å². The van der Waals surface area contributed by atoms with E-state index >= 15 is 0 Å². The van der Waals surface area contributed by atoms with Crippen LogP contribution in [-0.2, 0) is 4.75 Å². The number of aryl methyl sites for hydroxylation is 1. The first-order chi connectivity index (χ1) is 8.49. The summed E-state index contributed by atoms with van der Waals surface area (Å²) in [4.78, 5) is 0. The van der Waals surface area contributed by atoms with Gasteiger partial charge in [0.25, 0.3) is 0 Å². The molecule has 0 bridgehead atoms. The standard InChI is InChI=1S/C17H18S/c1-10-8-9-12-6-5-7-13-15(12)14(10)11(2)16(3)17(13,4)18-16/h5-9,11H,1-4H3. The molecule has 2 aromatic carbocycles. The highest BCUT2D eigenvalue weighted by atomic mass is 32.2. The Morgan fingerprint density at radius 1 is 1.11 bits per heavy atom. The van der Waals surface area contributed by atoms with Crippen LogP contribution in [0.1, 0.15) is 43.4 Å². The van der Waals surface area contributed by atoms with E-state index in [9.17, 15) is 0 Å². The number of thioether (sulfide) groups is 1. The molecule has 92 valence electrons. The van der Waals surface area contributed by atoms with Crippen LogP contribution < -0.4 is 0 Å². The predicted molar refractivity (Wildman–Crippen MR) is 80.4 cm³/mol. The first-order valence-corrected chi connectivity index (χ1v) is 7.53. The lowest BCUT2D eigenvalue weighted by atomic mass is 9.69. The van der Waals surface area contributed by atoms with E-state index in [2.05, 4.69) is 69.8 Å². The summed E-state index contributed by atoms with van der Waals surface area (Å²) in [7, 11) is 0. The van der Waals surface area contributed by atoms with Gasteiger partial charge in [-0.25, -0.2) is 0 Å². The molecule has 0 nitrogen and oxygen atoms in total. The van der Waals surface area contributed by atoms with Crippen molar-refractivity contribution in [3.05, 3.63) is 47.0 Å². The number of fused-ring (bicyclic) bond motifs is 2. The van der Waals surface area contributed by atoms with E-state index in [0.29, 0.717) is 15.4 Å². The van der Waals surface area contributed by atoms with Gasteiger partial charge in [0.15, 0.2) is 0 Å². The number of rotatable bonds is 0. The van der Waals surface area contributed by atoms with Gasteiger partial charge >= 0.3 is 0 Å². The summed E-state index contributed by atoms with van der Waals surface area (Å²) in [5, 5.41) is 2.95. The minimum absolute atomic E-state index is 0.326. The summed E-state index contributed by atoms with van der Waals surface area (Å²) in [6.45, 7) is 9.54. The minimum Gasteiger partial charge on any atom is -0.140 e. The molecule has 1 fully saturated rings. The van der Waals surface area contributed by atoms with Crippen LogP contribution in [0.25, 0.3) is 10.8 Å². The van der Waals surface area contributed by atoms with Gasteiger partial charge in [-0.1, -0.05) is 37.3 Å². The predicted octanol–water partition coefficient (Wildman–Crippen LogP) is 4.99. The van der Waals surface area contributed by atoms with Crippen LogP contribution in [0.4, 0.5) is 0 Å². The molecule has 2 aromatic rings. The molecule has 1 saturated heterocycles. The molecule has 18 heavy (non-hydrogen) atoms. The lowest BCUT2D eigenvalue weighted by molar-refractivity contribution is 0.501. The second-order valence-corrected chi connectivity index (χ2v) is 8.03. The Labute approximate surface area is 113 Å². The first kappa shape index (κ1) is 10.9. The van der Waals surface area contributed by atoms with Crippen molar-refractivity contribution in [3.63, 3.8) is 0 Å². The molecule has 1 aliphatic heterocycles. The highest BCUT2D eigenvalue weighted by molar-refractivity contribution is 8.09. The highest BCUT2D eigenvalue weighted by Gasteiger charge is 2.68. The normalized spacial score (nSPS) is 36.6. The van der Waals surface area contributed by atoms with Gasteiger partial charge in [-0.3, -0.25) is 0 Å². The molecule has 0 aromatic heterocycles. The van der Waals surface area contributed by atoms with E-state index in [-0.39, 0.29) is 0 Å². The Bertz CT molecular complexity index is 687. The molecule has 1 heteroatoms. The molecule has 2 aliphatic rings. The fourth-order valence-electron chi connectivity index (χ4n) is 3.96. The molecule has 3 unspecified atom stereocenters. The molecule has 0 spiro atoms. The van der Waals surface area contributed by atoms with Crippen molar-refractivity contribution in [2.24, 2.45) is 0 Å². The van der Waals surface area contributed by atoms with Crippen molar-refractivity contribution < 1.29 is 0 Å². The van der Waals surface area contributed by atoms with E-state index in [1.807, 2.05) is 0 Å². The Morgan fingerprint density at radius 3 is 2.67 bits per heavy atom. The molecule has 0 saturated carbocycles. The van der Waals surface area contributed by atoms with E-state index < -0.39 is 0 Å². The SMILES string of the molecule is Cc1ccc2cccc3c2c1C(C)C1(C)SC31C. The molecule has 3 atom stereocenters. The van der Waals surface area contributed by atoms with E-state index in [1.165, 1.54) is 16.3 Å². The summed E-state index contributed by atoms with van der Waals surface area (Å²) in [5.41, 5.74) is 4.61. The molecular weight excluding hydrogens is 236 g/mol. The van der Waals surface area contributed by atoms with E-state index in [4.69, 9.17) is 0 Å². The molecule has 1 aliphatic carbocycles. The highest BCUT2D eigenvalue weighted by Crippen LogP contribution is 2.77. The average molecular weight is 254 g/mol. The lowest BCUT2D eigenvalue weighted by Crippen LogP contribution is -2.29. The minimum atomic E-state index is 0.326. The van der Waals surface area contributed by atoms with E-state index in [1.54, 1.807) is 11.1 Å². The third-order valence-electron chi connectivity index (χ3n) is 5.40. The molecule has 0 radical (unpaired) electrons. The Kier molecular flexibility index (Phi) is 1.80. The van der Waals surface area contributed by atoms with E-state index in [0.717, 1.165) is 0 Å². The molecule has 0 N–H and O–H groups in total. The largest absolute Gasteiger partial charge is 0.140 e. The Hall–Kier alpha value is -0.950. The van der Waals surface area contributed by atoms with Crippen molar-refractivity contribution in [1.29, 1.82) is 0 Å². The zero-order chi connectivity index (χ0) is 12.7. The van der Waals surface area contributed by atoms with Crippen LogP contribution in [-0.4, -0.2) is 4.75 Å². The monoisotopic (exact) mass is 254 g/mol. The topological polar surface area (TPSA) is 0 Å². The van der Waals surface area contributed by atoms with Gasteiger partial charge in [0.2, 0.25) is 0 Å². The molecule has 4 rings (SSSR count). The van der Waals surface area contributed by atoms with Gasteiger partial charge in [0.1, 0.15) is 0 Å². The fourth-order valence-corrected chi connectivity index (χ4v) is 5.62. The van der Waals surface area contributed by atoms with Crippen molar-refractivity contribution in [1.82, 2.24) is 0 Å². The number of hydrogen-bond donors (Lipinski definition) is 0. The van der Waals surface area contributed by atoms with Gasteiger partial charge in [-0.2, -0.15) is 0 Å². The van der Waals surface area contributed by atoms with Crippen LogP contribution in [0.2, 0.25) is 0 Å². The van der Waals surface area contributed by atoms with Gasteiger partial charge in [-0.05, 0) is 54.2 Å². The summed E-state index contributed by atoms with van der Waals surface area (Å²) in [6.07, 6.45) is 0. The maximum absolute atomic E-state index is 2.44. The zero-order valence-corrected chi connectivity index (χ0v) is 12.2. The third-order valence-corrected chi connectivity index (χ3v) is 7.43. The number of hydrogen-bond acceptors (Lipinski definition) is 1. The molecular formula is C17H18S. The van der Waals surface area contributed by atoms with Crippen molar-refractivity contribution in [3.8, 4) is 0 Å². The Morgan fingerprint density at radius 2 is 1.89 bits per heavy atom. The van der Waals surface area contributed by atoms with Crippen LogP contribution >= 0.6 is 11.8 Å². The maximum Gasteiger partial charge on any atom is 0.0542 e. The second-order valence-electron chi connectivity index (χ2n) is 6.16. The summed E-state index contributed by atoms with van der Waals surface area (Å²) < 4.78 is 0.715. The van der Waals surface area contributed by atoms with Gasteiger partial charge in [0.05, 0.1) is 4.75 Å². The van der Waals surface area contributed by atoms with Crippen LogP contribution in [0.15, 0.2) is 30.3 Å². The first-order valence-electron chi connectivity index (χ1n) is 6.72. The smallest absolute Gasteiger partial charge is 0.0542 e. The van der Waals surface area contributed by atoms with Crippen molar-refractivity contribution in [2.45, 2.75) is 43.1 Å². The second kappa shape index (κ2) is 2.96. The van der Waals surface area contributed by atoms with Crippen LogP contribution in [0.3, 0.4) is 0 Å². The zero-order valence-electron chi connectivity index (χ0n) is 11.4. The third kappa shape index (κ3) is 0.980. The van der Waals surface area contributed by atoms with Gasteiger partial charge in [-0.15, -0.1) is 11.8 Å². The number of benzene rings is 2. The lowest BCUT2D eigenvalue weighted by Gasteiger charge is -2.33.